The summed E-state index contributed by atoms with van der Waals surface area (Å²) in [7, 11) is 3.77. The molecule has 2 rings (SSSR count). The number of hydrogen-bond donors (Lipinski definition) is 1. The number of nitrogens with one attached hydrogen (secondary N) is 1. The summed E-state index contributed by atoms with van der Waals surface area (Å²) < 4.78 is 11.1. The summed E-state index contributed by atoms with van der Waals surface area (Å²) in [6, 6.07) is 6.81. The van der Waals surface area contributed by atoms with Crippen molar-refractivity contribution in [1.82, 2.24) is 5.32 Å². The predicted molar refractivity (Wildman–Crippen MR) is 73.1 cm³/mol. The van der Waals surface area contributed by atoms with Crippen LogP contribution in [-0.4, -0.2) is 26.4 Å². The molecule has 3 heteroatoms. The number of methoxy groups -OCH3 is 1. The minimum atomic E-state index is -0.122. The van der Waals surface area contributed by atoms with Gasteiger partial charge in [-0.15, -0.1) is 0 Å². The Kier molecular flexibility index (Phi) is 3.93. The van der Waals surface area contributed by atoms with Crippen LogP contribution in [0.2, 0.25) is 0 Å². The summed E-state index contributed by atoms with van der Waals surface area (Å²) in [5.74, 6) is 1.04. The lowest BCUT2D eigenvalue weighted by atomic mass is 9.92. The van der Waals surface area contributed by atoms with Crippen LogP contribution in [-0.2, 0) is 11.2 Å². The molecular formula is C15H23NO2. The van der Waals surface area contributed by atoms with Crippen molar-refractivity contribution < 1.29 is 9.47 Å². The SMILES string of the molecule is CNC(CC(C)(C)OC)c1ccc2c(c1)CCO2. The van der Waals surface area contributed by atoms with Gasteiger partial charge in [-0.25, -0.2) is 0 Å². The van der Waals surface area contributed by atoms with E-state index >= 15 is 0 Å². The van der Waals surface area contributed by atoms with Crippen LogP contribution in [0, 0.1) is 0 Å². The van der Waals surface area contributed by atoms with E-state index < -0.39 is 0 Å². The van der Waals surface area contributed by atoms with E-state index in [1.54, 1.807) is 7.11 Å². The topological polar surface area (TPSA) is 30.5 Å². The van der Waals surface area contributed by atoms with E-state index in [1.165, 1.54) is 11.1 Å². The Balaban J connectivity index is 2.17. The molecule has 18 heavy (non-hydrogen) atoms. The molecule has 0 saturated heterocycles. The maximum absolute atomic E-state index is 5.54. The van der Waals surface area contributed by atoms with E-state index in [1.807, 2.05) is 7.05 Å². The van der Waals surface area contributed by atoms with E-state index in [0.29, 0.717) is 6.04 Å². The van der Waals surface area contributed by atoms with Crippen molar-refractivity contribution in [3.63, 3.8) is 0 Å². The zero-order chi connectivity index (χ0) is 13.2. The second-order valence-electron chi connectivity index (χ2n) is 5.47. The van der Waals surface area contributed by atoms with Gasteiger partial charge in [0.25, 0.3) is 0 Å². The third-order valence-corrected chi connectivity index (χ3v) is 3.71. The fourth-order valence-electron chi connectivity index (χ4n) is 2.38. The maximum atomic E-state index is 5.54. The minimum absolute atomic E-state index is 0.122. The van der Waals surface area contributed by atoms with Gasteiger partial charge in [0.15, 0.2) is 0 Å². The predicted octanol–water partition coefficient (Wildman–Crippen LogP) is 2.70. The van der Waals surface area contributed by atoms with Crippen LogP contribution in [0.5, 0.6) is 5.75 Å². The van der Waals surface area contributed by atoms with Gasteiger partial charge >= 0.3 is 0 Å². The lowest BCUT2D eigenvalue weighted by Crippen LogP contribution is -2.30. The highest BCUT2D eigenvalue weighted by Gasteiger charge is 2.24. The normalized spacial score (nSPS) is 16.2. The number of fused-ring (bicyclic) bond motifs is 1. The Morgan fingerprint density at radius 3 is 2.89 bits per heavy atom. The van der Waals surface area contributed by atoms with Crippen LogP contribution in [0.1, 0.15) is 37.4 Å². The van der Waals surface area contributed by atoms with Gasteiger partial charge < -0.3 is 14.8 Å². The van der Waals surface area contributed by atoms with E-state index in [-0.39, 0.29) is 5.60 Å². The Hall–Kier alpha value is -1.06. The van der Waals surface area contributed by atoms with Crippen molar-refractivity contribution >= 4 is 0 Å². The quantitative estimate of drug-likeness (QED) is 0.870. The zero-order valence-electron chi connectivity index (χ0n) is 11.7. The average Bonchev–Trinajstić information content (AvgIpc) is 2.83. The van der Waals surface area contributed by atoms with Crippen LogP contribution in [0.3, 0.4) is 0 Å². The highest BCUT2D eigenvalue weighted by Crippen LogP contribution is 2.31. The van der Waals surface area contributed by atoms with E-state index in [0.717, 1.165) is 25.2 Å². The van der Waals surface area contributed by atoms with Gasteiger partial charge in [-0.3, -0.25) is 0 Å². The number of benzene rings is 1. The summed E-state index contributed by atoms with van der Waals surface area (Å²) in [5, 5.41) is 3.38. The standard InChI is InChI=1S/C15H23NO2/c1-15(2,17-4)10-13(16-3)11-5-6-14-12(9-11)7-8-18-14/h5-6,9,13,16H,7-8,10H2,1-4H3. The van der Waals surface area contributed by atoms with Gasteiger partial charge in [0.05, 0.1) is 12.2 Å². The van der Waals surface area contributed by atoms with Crippen molar-refractivity contribution in [1.29, 1.82) is 0 Å². The fourth-order valence-corrected chi connectivity index (χ4v) is 2.38. The molecule has 0 bridgehead atoms. The second-order valence-corrected chi connectivity index (χ2v) is 5.47. The summed E-state index contributed by atoms with van der Waals surface area (Å²) in [4.78, 5) is 0. The molecular weight excluding hydrogens is 226 g/mol. The summed E-state index contributed by atoms with van der Waals surface area (Å²) in [5.41, 5.74) is 2.51. The van der Waals surface area contributed by atoms with Gasteiger partial charge in [-0.2, -0.15) is 0 Å². The highest BCUT2D eigenvalue weighted by atomic mass is 16.5. The molecule has 0 amide bonds. The molecule has 3 nitrogen and oxygen atoms in total. The van der Waals surface area contributed by atoms with Crippen molar-refractivity contribution in [3.8, 4) is 5.75 Å². The Bertz CT molecular complexity index is 415. The molecule has 0 radical (unpaired) electrons. The van der Waals surface area contributed by atoms with Gasteiger partial charge in [-0.05, 0) is 44.5 Å². The van der Waals surface area contributed by atoms with Crippen molar-refractivity contribution in [3.05, 3.63) is 29.3 Å². The molecule has 1 aliphatic heterocycles. The first kappa shape index (κ1) is 13.4. The summed E-state index contributed by atoms with van der Waals surface area (Å²) in [6.07, 6.45) is 1.97. The minimum Gasteiger partial charge on any atom is -0.493 e. The Morgan fingerprint density at radius 2 is 2.22 bits per heavy atom. The van der Waals surface area contributed by atoms with Crippen LogP contribution >= 0.6 is 0 Å². The van der Waals surface area contributed by atoms with Crippen LogP contribution in [0.4, 0.5) is 0 Å². The van der Waals surface area contributed by atoms with Crippen LogP contribution in [0.25, 0.3) is 0 Å². The third kappa shape index (κ3) is 2.85. The van der Waals surface area contributed by atoms with E-state index in [2.05, 4.69) is 37.4 Å². The monoisotopic (exact) mass is 249 g/mol. The van der Waals surface area contributed by atoms with E-state index in [4.69, 9.17) is 9.47 Å². The molecule has 0 saturated carbocycles. The Labute approximate surface area is 109 Å². The largest absolute Gasteiger partial charge is 0.493 e. The lowest BCUT2D eigenvalue weighted by Gasteiger charge is -2.28. The molecule has 1 aromatic carbocycles. The number of rotatable bonds is 5. The van der Waals surface area contributed by atoms with Gasteiger partial charge in [0.2, 0.25) is 0 Å². The van der Waals surface area contributed by atoms with Crippen LogP contribution in [0.15, 0.2) is 18.2 Å². The van der Waals surface area contributed by atoms with E-state index in [9.17, 15) is 0 Å². The number of hydrogen-bond acceptors (Lipinski definition) is 3. The molecule has 1 aliphatic rings. The Morgan fingerprint density at radius 1 is 1.44 bits per heavy atom. The molecule has 1 heterocycles. The molecule has 1 unspecified atom stereocenters. The lowest BCUT2D eigenvalue weighted by molar-refractivity contribution is 0.00744. The fraction of sp³-hybridized carbons (Fsp3) is 0.600. The van der Waals surface area contributed by atoms with Gasteiger partial charge in [0, 0.05) is 19.6 Å². The summed E-state index contributed by atoms with van der Waals surface area (Å²) in [6.45, 7) is 5.05. The van der Waals surface area contributed by atoms with Crippen molar-refractivity contribution in [2.24, 2.45) is 0 Å². The molecule has 100 valence electrons. The molecule has 0 aromatic heterocycles. The molecule has 1 aromatic rings. The molecule has 1 atom stereocenters. The molecule has 0 fully saturated rings. The van der Waals surface area contributed by atoms with Crippen LogP contribution < -0.4 is 10.1 Å². The van der Waals surface area contributed by atoms with Gasteiger partial charge in [0.1, 0.15) is 5.75 Å². The summed E-state index contributed by atoms with van der Waals surface area (Å²) >= 11 is 0. The average molecular weight is 249 g/mol. The molecule has 1 N–H and O–H groups in total. The molecule has 0 aliphatic carbocycles. The number of ether oxygens (including phenoxy) is 2. The van der Waals surface area contributed by atoms with Gasteiger partial charge in [-0.1, -0.05) is 12.1 Å². The first-order chi connectivity index (χ1) is 8.55. The maximum Gasteiger partial charge on any atom is 0.122 e. The first-order valence-electron chi connectivity index (χ1n) is 6.54. The smallest absolute Gasteiger partial charge is 0.122 e. The molecule has 0 spiro atoms. The first-order valence-corrected chi connectivity index (χ1v) is 6.54. The van der Waals surface area contributed by atoms with Crippen molar-refractivity contribution in [2.45, 2.75) is 38.3 Å². The van der Waals surface area contributed by atoms with Crippen molar-refractivity contribution in [2.75, 3.05) is 20.8 Å². The second kappa shape index (κ2) is 5.29. The zero-order valence-corrected chi connectivity index (χ0v) is 11.7. The third-order valence-electron chi connectivity index (χ3n) is 3.71. The highest BCUT2D eigenvalue weighted by molar-refractivity contribution is 5.40.